The Morgan fingerprint density at radius 3 is 2.92 bits per heavy atom. The predicted octanol–water partition coefficient (Wildman–Crippen LogP) is 1.15. The van der Waals surface area contributed by atoms with Crippen molar-refractivity contribution >= 4 is 17.5 Å². The summed E-state index contributed by atoms with van der Waals surface area (Å²) >= 11 is 0. The number of nitrogens with zero attached hydrogens (tertiary/aromatic N) is 2. The second kappa shape index (κ2) is 6.09. The van der Waals surface area contributed by atoms with Gasteiger partial charge in [0.05, 0.1) is 5.69 Å². The van der Waals surface area contributed by atoms with Crippen molar-refractivity contribution in [1.82, 2.24) is 10.2 Å². The van der Waals surface area contributed by atoms with E-state index >= 15 is 0 Å². The Kier molecular flexibility index (Phi) is 3.92. The number of para-hydroxylation sites is 2. The Labute approximate surface area is 141 Å². The maximum atomic E-state index is 13.0. The number of nitrogens with one attached hydrogen (secondary N) is 1. The molecule has 3 aliphatic rings. The van der Waals surface area contributed by atoms with Crippen LogP contribution in [0.5, 0.6) is 5.75 Å². The van der Waals surface area contributed by atoms with Gasteiger partial charge in [0, 0.05) is 18.6 Å². The van der Waals surface area contributed by atoms with Crippen LogP contribution in [0.4, 0.5) is 5.69 Å². The summed E-state index contributed by atoms with van der Waals surface area (Å²) in [7, 11) is 0. The molecule has 3 atom stereocenters. The van der Waals surface area contributed by atoms with Crippen molar-refractivity contribution in [1.29, 1.82) is 0 Å². The van der Waals surface area contributed by atoms with E-state index in [0.717, 1.165) is 32.4 Å². The molecule has 2 fully saturated rings. The summed E-state index contributed by atoms with van der Waals surface area (Å²) in [5.74, 6) is 0.559. The van der Waals surface area contributed by atoms with E-state index in [1.54, 1.807) is 11.8 Å². The number of benzene rings is 1. The number of amides is 2. The van der Waals surface area contributed by atoms with Gasteiger partial charge in [-0.2, -0.15) is 0 Å². The zero-order valence-electron chi connectivity index (χ0n) is 13.9. The first-order valence-corrected chi connectivity index (χ1v) is 8.74. The van der Waals surface area contributed by atoms with Gasteiger partial charge >= 0.3 is 0 Å². The maximum absolute atomic E-state index is 13.0. The van der Waals surface area contributed by atoms with Crippen LogP contribution in [0.15, 0.2) is 24.3 Å². The molecule has 2 bridgehead atoms. The fourth-order valence-electron chi connectivity index (χ4n) is 4.13. The number of ether oxygens (including phenoxy) is 1. The van der Waals surface area contributed by atoms with Crippen LogP contribution in [0.1, 0.15) is 26.2 Å². The van der Waals surface area contributed by atoms with Gasteiger partial charge < -0.3 is 15.0 Å². The zero-order valence-corrected chi connectivity index (χ0v) is 13.9. The molecule has 1 aromatic carbocycles. The Hall–Kier alpha value is -2.08. The van der Waals surface area contributed by atoms with Crippen LogP contribution in [0.2, 0.25) is 0 Å². The molecule has 1 N–H and O–H groups in total. The van der Waals surface area contributed by atoms with E-state index in [2.05, 4.69) is 5.32 Å². The summed E-state index contributed by atoms with van der Waals surface area (Å²) in [5.41, 5.74) is 0.689. The van der Waals surface area contributed by atoms with Crippen molar-refractivity contribution in [3.05, 3.63) is 24.3 Å². The van der Waals surface area contributed by atoms with Gasteiger partial charge in [0.2, 0.25) is 5.91 Å². The standard InChI is InChI=1S/C18H23N3O3/c1-12-18(23)20(15-4-2-3-5-16(15)24-12)11-17(22)21-13-6-7-14(21)10-19-9-8-13/h2-5,12-14,19H,6-11H2,1H3. The molecule has 0 aromatic heterocycles. The number of hydrogen-bond acceptors (Lipinski definition) is 4. The third-order valence-corrected chi connectivity index (χ3v) is 5.31. The quantitative estimate of drug-likeness (QED) is 0.884. The maximum Gasteiger partial charge on any atom is 0.268 e. The first-order chi connectivity index (χ1) is 11.6. The summed E-state index contributed by atoms with van der Waals surface area (Å²) in [5, 5.41) is 3.40. The van der Waals surface area contributed by atoms with E-state index < -0.39 is 6.10 Å². The first-order valence-electron chi connectivity index (χ1n) is 8.74. The largest absolute Gasteiger partial charge is 0.479 e. The molecule has 1 aromatic rings. The van der Waals surface area contributed by atoms with Crippen molar-refractivity contribution in [2.24, 2.45) is 0 Å². The number of hydrogen-bond donors (Lipinski definition) is 1. The molecule has 4 rings (SSSR count). The molecule has 0 spiro atoms. The highest BCUT2D eigenvalue weighted by Crippen LogP contribution is 2.34. The van der Waals surface area contributed by atoms with Gasteiger partial charge in [-0.1, -0.05) is 12.1 Å². The third kappa shape index (κ3) is 2.55. The topological polar surface area (TPSA) is 61.9 Å². The Balaban J connectivity index is 1.58. The molecule has 0 aliphatic carbocycles. The van der Waals surface area contributed by atoms with E-state index in [1.807, 2.05) is 29.2 Å². The minimum absolute atomic E-state index is 0.0449. The van der Waals surface area contributed by atoms with Crippen LogP contribution in [0.25, 0.3) is 0 Å². The van der Waals surface area contributed by atoms with Gasteiger partial charge in [0.1, 0.15) is 12.3 Å². The van der Waals surface area contributed by atoms with E-state index in [1.165, 1.54) is 0 Å². The summed E-state index contributed by atoms with van der Waals surface area (Å²) < 4.78 is 5.65. The van der Waals surface area contributed by atoms with Gasteiger partial charge in [0.15, 0.2) is 6.10 Å². The van der Waals surface area contributed by atoms with Crippen LogP contribution in [0, 0.1) is 0 Å². The van der Waals surface area contributed by atoms with Crippen LogP contribution in [-0.4, -0.2) is 54.5 Å². The lowest BCUT2D eigenvalue weighted by molar-refractivity contribution is -0.135. The third-order valence-electron chi connectivity index (χ3n) is 5.31. The Bertz CT molecular complexity index is 649. The van der Waals surface area contributed by atoms with E-state index in [0.29, 0.717) is 17.5 Å². The van der Waals surface area contributed by atoms with Gasteiger partial charge in [-0.25, -0.2) is 0 Å². The van der Waals surface area contributed by atoms with E-state index in [-0.39, 0.29) is 24.4 Å². The molecule has 24 heavy (non-hydrogen) atoms. The number of fused-ring (bicyclic) bond motifs is 3. The summed E-state index contributed by atoms with van der Waals surface area (Å²) in [6.45, 7) is 3.64. The van der Waals surface area contributed by atoms with Gasteiger partial charge in [-0.15, -0.1) is 0 Å². The summed E-state index contributed by atoms with van der Waals surface area (Å²) in [6, 6.07) is 7.99. The second-order valence-corrected chi connectivity index (χ2v) is 6.83. The minimum Gasteiger partial charge on any atom is -0.479 e. The van der Waals surface area contributed by atoms with E-state index in [4.69, 9.17) is 4.74 Å². The molecular formula is C18H23N3O3. The molecule has 2 saturated heterocycles. The molecule has 128 valence electrons. The van der Waals surface area contributed by atoms with Gasteiger partial charge in [-0.05, 0) is 44.9 Å². The van der Waals surface area contributed by atoms with Crippen LogP contribution in [-0.2, 0) is 9.59 Å². The highest BCUT2D eigenvalue weighted by Gasteiger charge is 2.40. The molecule has 6 nitrogen and oxygen atoms in total. The highest BCUT2D eigenvalue weighted by molar-refractivity contribution is 6.03. The summed E-state index contributed by atoms with van der Waals surface area (Å²) in [6.07, 6.45) is 2.55. The van der Waals surface area contributed by atoms with Crippen LogP contribution >= 0.6 is 0 Å². The zero-order chi connectivity index (χ0) is 16.7. The number of carbonyl (C=O) groups is 2. The van der Waals surface area contributed by atoms with E-state index in [9.17, 15) is 9.59 Å². The predicted molar refractivity (Wildman–Crippen MR) is 90.0 cm³/mol. The van der Waals surface area contributed by atoms with Gasteiger partial charge in [0.25, 0.3) is 5.91 Å². The average molecular weight is 329 g/mol. The number of anilines is 1. The lowest BCUT2D eigenvalue weighted by Crippen LogP contribution is -2.52. The lowest BCUT2D eigenvalue weighted by atomic mass is 10.1. The molecule has 3 heterocycles. The van der Waals surface area contributed by atoms with Crippen molar-refractivity contribution in [2.45, 2.75) is 44.4 Å². The molecule has 3 aliphatic heterocycles. The minimum atomic E-state index is -0.560. The van der Waals surface area contributed by atoms with Crippen molar-refractivity contribution < 1.29 is 14.3 Å². The van der Waals surface area contributed by atoms with Crippen molar-refractivity contribution in [3.8, 4) is 5.75 Å². The SMILES string of the molecule is CC1Oc2ccccc2N(CC(=O)N2C3CCNCC2CC3)C1=O. The Morgan fingerprint density at radius 2 is 2.04 bits per heavy atom. The highest BCUT2D eigenvalue weighted by atomic mass is 16.5. The molecule has 0 radical (unpaired) electrons. The first kappa shape index (κ1) is 15.4. The van der Waals surface area contributed by atoms with Crippen molar-refractivity contribution in [3.63, 3.8) is 0 Å². The van der Waals surface area contributed by atoms with Crippen LogP contribution in [0.3, 0.4) is 0 Å². The van der Waals surface area contributed by atoms with Crippen LogP contribution < -0.4 is 15.0 Å². The monoisotopic (exact) mass is 329 g/mol. The summed E-state index contributed by atoms with van der Waals surface area (Å²) in [4.78, 5) is 29.2. The molecule has 6 heteroatoms. The van der Waals surface area contributed by atoms with Gasteiger partial charge in [-0.3, -0.25) is 14.5 Å². The molecule has 3 unspecified atom stereocenters. The lowest BCUT2D eigenvalue weighted by Gasteiger charge is -2.35. The smallest absolute Gasteiger partial charge is 0.268 e. The number of carbonyl (C=O) groups excluding carboxylic acids is 2. The second-order valence-electron chi connectivity index (χ2n) is 6.83. The van der Waals surface area contributed by atoms with Crippen molar-refractivity contribution in [2.75, 3.05) is 24.5 Å². The molecular weight excluding hydrogens is 306 g/mol. The fourth-order valence-corrected chi connectivity index (χ4v) is 4.13. The average Bonchev–Trinajstić information content (AvgIpc) is 2.84. The molecule has 0 saturated carbocycles. The Morgan fingerprint density at radius 1 is 1.25 bits per heavy atom. The normalized spacial score (nSPS) is 29.0. The number of rotatable bonds is 2. The fraction of sp³-hybridized carbons (Fsp3) is 0.556. The molecule has 2 amide bonds.